The Morgan fingerprint density at radius 2 is 2.12 bits per heavy atom. The number of rotatable bonds is 5. The molecule has 1 atom stereocenters. The van der Waals surface area contributed by atoms with E-state index in [-0.39, 0.29) is 17.0 Å². The molecular weight excluding hydrogens is 212 g/mol. The molecule has 0 heterocycles. The zero-order valence-corrected chi connectivity index (χ0v) is 11.1. The zero-order chi connectivity index (χ0) is 12.9. The molecule has 1 aliphatic carbocycles. The van der Waals surface area contributed by atoms with E-state index in [4.69, 9.17) is 0 Å². The van der Waals surface area contributed by atoms with Crippen LogP contribution in [0.15, 0.2) is 23.8 Å². The summed E-state index contributed by atoms with van der Waals surface area (Å²) < 4.78 is 0. The summed E-state index contributed by atoms with van der Waals surface area (Å²) in [7, 11) is 0. The lowest BCUT2D eigenvalue weighted by atomic mass is 9.71. The molecule has 0 aliphatic heterocycles. The highest BCUT2D eigenvalue weighted by Crippen LogP contribution is 2.38. The van der Waals surface area contributed by atoms with Crippen molar-refractivity contribution < 1.29 is 9.59 Å². The van der Waals surface area contributed by atoms with E-state index in [1.54, 1.807) is 13.8 Å². The molecule has 1 rings (SSSR count). The van der Waals surface area contributed by atoms with Crippen LogP contribution in [0.3, 0.4) is 0 Å². The summed E-state index contributed by atoms with van der Waals surface area (Å²) in [6.07, 6.45) is 10.4. The van der Waals surface area contributed by atoms with E-state index in [0.29, 0.717) is 6.42 Å². The Labute approximate surface area is 104 Å². The van der Waals surface area contributed by atoms with Crippen molar-refractivity contribution in [3.63, 3.8) is 0 Å². The van der Waals surface area contributed by atoms with Gasteiger partial charge in [0.05, 0.1) is 5.41 Å². The van der Waals surface area contributed by atoms with Gasteiger partial charge in [0, 0.05) is 0 Å². The molecule has 0 bridgehead atoms. The van der Waals surface area contributed by atoms with E-state index < -0.39 is 0 Å². The van der Waals surface area contributed by atoms with Crippen molar-refractivity contribution in [2.45, 2.75) is 52.9 Å². The monoisotopic (exact) mass is 234 g/mol. The Balaban J connectivity index is 2.84. The van der Waals surface area contributed by atoms with E-state index in [1.807, 2.05) is 6.08 Å². The van der Waals surface area contributed by atoms with Crippen LogP contribution in [0, 0.1) is 5.41 Å². The third kappa shape index (κ3) is 3.39. The molecule has 17 heavy (non-hydrogen) atoms. The summed E-state index contributed by atoms with van der Waals surface area (Å²) in [5, 5.41) is 0. The molecule has 0 saturated heterocycles. The minimum Gasteiger partial charge on any atom is -0.299 e. The molecule has 0 fully saturated rings. The Morgan fingerprint density at radius 1 is 1.41 bits per heavy atom. The fourth-order valence-electron chi connectivity index (χ4n) is 2.25. The average molecular weight is 234 g/mol. The quantitative estimate of drug-likeness (QED) is 0.681. The smallest absolute Gasteiger partial charge is 0.155 e. The van der Waals surface area contributed by atoms with Crippen LogP contribution in [-0.2, 0) is 9.59 Å². The van der Waals surface area contributed by atoms with Gasteiger partial charge in [0.1, 0.15) is 5.78 Å². The van der Waals surface area contributed by atoms with Gasteiger partial charge in [-0.1, -0.05) is 31.6 Å². The maximum atomic E-state index is 11.8. The van der Waals surface area contributed by atoms with Crippen molar-refractivity contribution in [3.05, 3.63) is 23.8 Å². The van der Waals surface area contributed by atoms with Crippen molar-refractivity contribution in [3.8, 4) is 0 Å². The lowest BCUT2D eigenvalue weighted by molar-refractivity contribution is -0.125. The third-order valence-electron chi connectivity index (χ3n) is 3.60. The van der Waals surface area contributed by atoms with Gasteiger partial charge in [-0.3, -0.25) is 9.59 Å². The number of carbonyl (C=O) groups is 2. The molecule has 0 spiro atoms. The number of hydrogen-bond acceptors (Lipinski definition) is 2. The Kier molecular flexibility index (Phi) is 4.86. The van der Waals surface area contributed by atoms with E-state index >= 15 is 0 Å². The molecule has 1 aliphatic rings. The average Bonchev–Trinajstić information content (AvgIpc) is 2.29. The summed E-state index contributed by atoms with van der Waals surface area (Å²) in [4.78, 5) is 23.1. The van der Waals surface area contributed by atoms with Crippen LogP contribution in [-0.4, -0.2) is 11.6 Å². The summed E-state index contributed by atoms with van der Waals surface area (Å²) >= 11 is 0. The largest absolute Gasteiger partial charge is 0.299 e. The summed E-state index contributed by atoms with van der Waals surface area (Å²) in [5.41, 5.74) is 0.527. The van der Waals surface area contributed by atoms with E-state index in [0.717, 1.165) is 31.3 Å². The summed E-state index contributed by atoms with van der Waals surface area (Å²) in [6.45, 7) is 5.38. The second-order valence-corrected chi connectivity index (χ2v) is 4.89. The highest BCUT2D eigenvalue weighted by molar-refractivity contribution is 5.94. The number of hydrogen-bond donors (Lipinski definition) is 0. The van der Waals surface area contributed by atoms with Crippen molar-refractivity contribution >= 4 is 11.6 Å². The Morgan fingerprint density at radius 3 is 2.53 bits per heavy atom. The second kappa shape index (κ2) is 5.95. The molecule has 0 saturated carbocycles. The number of Topliss-reactive ketones (excluding diaryl/α,β-unsaturated/α-hetero) is 2. The molecular formula is C15H22O2. The fraction of sp³-hybridized carbons (Fsp3) is 0.600. The van der Waals surface area contributed by atoms with Crippen molar-refractivity contribution in [1.82, 2.24) is 0 Å². The number of allylic oxidation sites excluding steroid dienone is 4. The zero-order valence-electron chi connectivity index (χ0n) is 11.1. The molecule has 0 N–H and O–H groups in total. The van der Waals surface area contributed by atoms with Gasteiger partial charge in [-0.2, -0.15) is 0 Å². The van der Waals surface area contributed by atoms with Gasteiger partial charge in [0.25, 0.3) is 0 Å². The minimum atomic E-state index is -0.353. The van der Waals surface area contributed by atoms with Crippen LogP contribution in [0.2, 0.25) is 0 Å². The predicted molar refractivity (Wildman–Crippen MR) is 69.8 cm³/mol. The number of ketones is 2. The van der Waals surface area contributed by atoms with E-state index in [1.165, 1.54) is 0 Å². The number of carbonyl (C=O) groups excluding carboxylic acids is 2. The number of unbranched alkanes of at least 4 members (excludes halogenated alkanes) is 1. The standard InChI is InChI=1S/C15H22O2/c1-4-5-6-9-15(13(3)17)10-7-14(8-11-15)12(2)16/h6-7,9H,4-5,8,10-11H2,1-3H3/b9-6+/t15-/m1/s1. The topological polar surface area (TPSA) is 34.1 Å². The molecule has 0 aromatic rings. The van der Waals surface area contributed by atoms with Gasteiger partial charge in [0.2, 0.25) is 0 Å². The van der Waals surface area contributed by atoms with Crippen LogP contribution in [0.1, 0.15) is 52.9 Å². The first-order valence-corrected chi connectivity index (χ1v) is 6.40. The van der Waals surface area contributed by atoms with Gasteiger partial charge >= 0.3 is 0 Å². The van der Waals surface area contributed by atoms with Crippen LogP contribution >= 0.6 is 0 Å². The highest BCUT2D eigenvalue weighted by atomic mass is 16.1. The summed E-state index contributed by atoms with van der Waals surface area (Å²) in [5.74, 6) is 0.350. The molecule has 0 radical (unpaired) electrons. The normalized spacial score (nSPS) is 24.8. The lowest BCUT2D eigenvalue weighted by Gasteiger charge is -2.31. The van der Waals surface area contributed by atoms with Crippen LogP contribution < -0.4 is 0 Å². The van der Waals surface area contributed by atoms with Crippen molar-refractivity contribution in [2.75, 3.05) is 0 Å². The van der Waals surface area contributed by atoms with Gasteiger partial charge in [-0.05, 0) is 45.1 Å². The van der Waals surface area contributed by atoms with Crippen molar-refractivity contribution in [2.24, 2.45) is 5.41 Å². The van der Waals surface area contributed by atoms with Gasteiger partial charge in [-0.15, -0.1) is 0 Å². The Hall–Kier alpha value is -1.18. The minimum absolute atomic E-state index is 0.139. The first-order chi connectivity index (χ1) is 8.02. The summed E-state index contributed by atoms with van der Waals surface area (Å²) in [6, 6.07) is 0. The molecule has 94 valence electrons. The molecule has 0 aromatic carbocycles. The molecule has 2 heteroatoms. The van der Waals surface area contributed by atoms with E-state index in [9.17, 15) is 9.59 Å². The molecule has 0 unspecified atom stereocenters. The first-order valence-electron chi connectivity index (χ1n) is 6.40. The third-order valence-corrected chi connectivity index (χ3v) is 3.60. The van der Waals surface area contributed by atoms with Gasteiger partial charge < -0.3 is 0 Å². The first kappa shape index (κ1) is 13.9. The van der Waals surface area contributed by atoms with Crippen molar-refractivity contribution in [1.29, 1.82) is 0 Å². The van der Waals surface area contributed by atoms with Crippen LogP contribution in [0.4, 0.5) is 0 Å². The van der Waals surface area contributed by atoms with E-state index in [2.05, 4.69) is 19.1 Å². The lowest BCUT2D eigenvalue weighted by Crippen LogP contribution is -2.29. The van der Waals surface area contributed by atoms with Gasteiger partial charge in [-0.25, -0.2) is 0 Å². The second-order valence-electron chi connectivity index (χ2n) is 4.89. The fourth-order valence-corrected chi connectivity index (χ4v) is 2.25. The Bertz CT molecular complexity index is 363. The van der Waals surface area contributed by atoms with Gasteiger partial charge in [0.15, 0.2) is 5.78 Å². The molecule has 0 aromatic heterocycles. The predicted octanol–water partition coefficient (Wildman–Crippen LogP) is 3.62. The highest BCUT2D eigenvalue weighted by Gasteiger charge is 2.34. The maximum absolute atomic E-state index is 11.8. The van der Waals surface area contributed by atoms with Crippen LogP contribution in [0.5, 0.6) is 0 Å². The van der Waals surface area contributed by atoms with Crippen LogP contribution in [0.25, 0.3) is 0 Å². The molecule has 0 amide bonds. The SMILES string of the molecule is CCC/C=C/[C@@]1(C(C)=O)CC=C(C(C)=O)CC1. The molecule has 2 nitrogen and oxygen atoms in total. The maximum Gasteiger partial charge on any atom is 0.155 e.